The topological polar surface area (TPSA) is 87.8 Å². The Morgan fingerprint density at radius 3 is 2.80 bits per heavy atom. The Bertz CT molecular complexity index is 891. The molecule has 2 N–H and O–H groups in total. The van der Waals surface area contributed by atoms with Gasteiger partial charge in [0.25, 0.3) is 5.91 Å². The normalized spacial score (nSPS) is 14.2. The van der Waals surface area contributed by atoms with Crippen molar-refractivity contribution in [2.75, 3.05) is 13.7 Å². The Kier molecular flexibility index (Phi) is 4.76. The molecule has 0 spiro atoms. The Morgan fingerprint density at radius 1 is 1.28 bits per heavy atom. The van der Waals surface area contributed by atoms with E-state index in [0.717, 1.165) is 4.47 Å². The van der Waals surface area contributed by atoms with Crippen LogP contribution in [0.15, 0.2) is 46.6 Å². The summed E-state index contributed by atoms with van der Waals surface area (Å²) in [6, 6.07) is 10.2. The third kappa shape index (κ3) is 3.66. The number of ketones is 1. The average Bonchev–Trinajstić information content (AvgIpc) is 2.89. The van der Waals surface area contributed by atoms with E-state index in [1.165, 1.54) is 0 Å². The highest BCUT2D eigenvalue weighted by Crippen LogP contribution is 2.36. The summed E-state index contributed by atoms with van der Waals surface area (Å²) in [7, 11) is 1.56. The van der Waals surface area contributed by atoms with Gasteiger partial charge in [-0.3, -0.25) is 9.59 Å². The molecule has 0 saturated heterocycles. The van der Waals surface area contributed by atoms with E-state index in [1.54, 1.807) is 37.5 Å². The van der Waals surface area contributed by atoms with Crippen molar-refractivity contribution in [2.45, 2.75) is 0 Å². The van der Waals surface area contributed by atoms with E-state index in [1.807, 2.05) is 12.1 Å². The number of allylic oxidation sites excluding steroid dienone is 1. The SMILES string of the molecule is COc1ccc(Br)cc1C=C1Oc2cc(OCC(N)=O)ccc2C1=O. The zero-order valence-electron chi connectivity index (χ0n) is 13.2. The second-order valence-corrected chi connectivity index (χ2v) is 6.15. The van der Waals surface area contributed by atoms with Gasteiger partial charge in [0, 0.05) is 16.1 Å². The van der Waals surface area contributed by atoms with Gasteiger partial charge in [0.1, 0.15) is 17.2 Å². The van der Waals surface area contributed by atoms with E-state index in [0.29, 0.717) is 28.4 Å². The smallest absolute Gasteiger partial charge is 0.255 e. The van der Waals surface area contributed by atoms with Gasteiger partial charge < -0.3 is 19.9 Å². The van der Waals surface area contributed by atoms with Gasteiger partial charge in [0.15, 0.2) is 12.4 Å². The fourth-order valence-corrected chi connectivity index (χ4v) is 2.75. The lowest BCUT2D eigenvalue weighted by molar-refractivity contribution is -0.119. The molecule has 1 heterocycles. The highest BCUT2D eigenvalue weighted by Gasteiger charge is 2.28. The van der Waals surface area contributed by atoms with Gasteiger partial charge >= 0.3 is 0 Å². The average molecular weight is 404 g/mol. The van der Waals surface area contributed by atoms with Crippen LogP contribution in [-0.2, 0) is 4.79 Å². The maximum absolute atomic E-state index is 12.5. The second kappa shape index (κ2) is 6.98. The molecule has 0 atom stereocenters. The number of fused-ring (bicyclic) bond motifs is 1. The number of carbonyl (C=O) groups is 2. The standard InChI is InChI=1S/C18H14BrNO5/c1-23-14-5-2-11(19)6-10(14)7-16-18(22)13-4-3-12(8-15(13)25-16)24-9-17(20)21/h2-8H,9H2,1H3,(H2,20,21). The predicted octanol–water partition coefficient (Wildman–Crippen LogP) is 2.94. The molecule has 0 aromatic heterocycles. The number of nitrogens with two attached hydrogens (primary N) is 1. The van der Waals surface area contributed by atoms with Gasteiger partial charge in [0.2, 0.25) is 5.78 Å². The van der Waals surface area contributed by atoms with Crippen molar-refractivity contribution in [3.05, 3.63) is 57.8 Å². The molecule has 7 heteroatoms. The first-order chi connectivity index (χ1) is 12.0. The van der Waals surface area contributed by atoms with Crippen molar-refractivity contribution < 1.29 is 23.8 Å². The lowest BCUT2D eigenvalue weighted by atomic mass is 10.1. The molecule has 0 fully saturated rings. The number of rotatable bonds is 5. The van der Waals surface area contributed by atoms with Crippen molar-refractivity contribution in [3.63, 3.8) is 0 Å². The second-order valence-electron chi connectivity index (χ2n) is 5.24. The number of Topliss-reactive ketones (excluding diaryl/α,β-unsaturated/α-hetero) is 1. The largest absolute Gasteiger partial charge is 0.496 e. The van der Waals surface area contributed by atoms with Gasteiger partial charge in [-0.25, -0.2) is 0 Å². The van der Waals surface area contributed by atoms with Crippen LogP contribution in [0.4, 0.5) is 0 Å². The summed E-state index contributed by atoms with van der Waals surface area (Å²) in [6.45, 7) is -0.245. The first kappa shape index (κ1) is 17.0. The lowest BCUT2D eigenvalue weighted by Gasteiger charge is -2.06. The molecule has 1 aliphatic rings. The highest BCUT2D eigenvalue weighted by atomic mass is 79.9. The molecular weight excluding hydrogens is 390 g/mol. The fraction of sp³-hybridized carbons (Fsp3) is 0.111. The Morgan fingerprint density at radius 2 is 2.08 bits per heavy atom. The Balaban J connectivity index is 1.90. The highest BCUT2D eigenvalue weighted by molar-refractivity contribution is 9.10. The molecule has 0 bridgehead atoms. The fourth-order valence-electron chi connectivity index (χ4n) is 2.37. The van der Waals surface area contributed by atoms with Crippen LogP contribution in [0.5, 0.6) is 17.2 Å². The molecule has 2 aromatic carbocycles. The molecular formula is C18H14BrNO5. The molecule has 25 heavy (non-hydrogen) atoms. The molecule has 1 amide bonds. The molecule has 2 aromatic rings. The number of halogens is 1. The Labute approximate surface area is 152 Å². The summed E-state index contributed by atoms with van der Waals surface area (Å²) in [4.78, 5) is 23.3. The van der Waals surface area contributed by atoms with Crippen LogP contribution in [-0.4, -0.2) is 25.4 Å². The number of carbonyl (C=O) groups excluding carboxylic acids is 2. The van der Waals surface area contributed by atoms with Gasteiger partial charge in [0.05, 0.1) is 12.7 Å². The summed E-state index contributed by atoms with van der Waals surface area (Å²) in [6.07, 6.45) is 1.62. The predicted molar refractivity (Wildman–Crippen MR) is 94.8 cm³/mol. The van der Waals surface area contributed by atoms with Crippen LogP contribution >= 0.6 is 15.9 Å². The zero-order chi connectivity index (χ0) is 18.0. The minimum absolute atomic E-state index is 0.179. The first-order valence-electron chi connectivity index (χ1n) is 7.31. The molecule has 0 saturated carbocycles. The van der Waals surface area contributed by atoms with E-state index < -0.39 is 5.91 Å². The molecule has 0 unspecified atom stereocenters. The number of hydrogen-bond donors (Lipinski definition) is 1. The van der Waals surface area contributed by atoms with Crippen LogP contribution in [0, 0.1) is 0 Å². The number of amides is 1. The van der Waals surface area contributed by atoms with Crippen LogP contribution in [0.2, 0.25) is 0 Å². The van der Waals surface area contributed by atoms with Crippen molar-refractivity contribution in [2.24, 2.45) is 5.73 Å². The number of ether oxygens (including phenoxy) is 3. The minimum atomic E-state index is -0.583. The Hall–Kier alpha value is -2.80. The first-order valence-corrected chi connectivity index (χ1v) is 8.10. The van der Waals surface area contributed by atoms with E-state index in [2.05, 4.69) is 15.9 Å². The molecule has 0 radical (unpaired) electrons. The number of methoxy groups -OCH3 is 1. The van der Waals surface area contributed by atoms with Crippen LogP contribution in [0.1, 0.15) is 15.9 Å². The van der Waals surface area contributed by atoms with Crippen molar-refractivity contribution in [1.82, 2.24) is 0 Å². The van der Waals surface area contributed by atoms with E-state index in [-0.39, 0.29) is 18.1 Å². The number of hydrogen-bond acceptors (Lipinski definition) is 5. The maximum Gasteiger partial charge on any atom is 0.255 e. The lowest BCUT2D eigenvalue weighted by Crippen LogP contribution is -2.19. The minimum Gasteiger partial charge on any atom is -0.496 e. The van der Waals surface area contributed by atoms with Gasteiger partial charge in [-0.05, 0) is 36.4 Å². The van der Waals surface area contributed by atoms with E-state index in [4.69, 9.17) is 19.9 Å². The van der Waals surface area contributed by atoms with Crippen LogP contribution < -0.4 is 19.9 Å². The van der Waals surface area contributed by atoms with E-state index >= 15 is 0 Å². The van der Waals surface area contributed by atoms with Crippen molar-refractivity contribution >= 4 is 33.7 Å². The number of primary amides is 1. The third-order valence-corrected chi connectivity index (χ3v) is 3.99. The van der Waals surface area contributed by atoms with Crippen LogP contribution in [0.3, 0.4) is 0 Å². The molecule has 128 valence electrons. The van der Waals surface area contributed by atoms with Crippen molar-refractivity contribution in [3.8, 4) is 17.2 Å². The zero-order valence-corrected chi connectivity index (χ0v) is 14.8. The summed E-state index contributed by atoms with van der Waals surface area (Å²) < 4.78 is 17.0. The summed E-state index contributed by atoms with van der Waals surface area (Å²) in [5.41, 5.74) is 6.18. The van der Waals surface area contributed by atoms with Crippen molar-refractivity contribution in [1.29, 1.82) is 0 Å². The quantitative estimate of drug-likeness (QED) is 0.775. The van der Waals surface area contributed by atoms with Gasteiger partial charge in [-0.2, -0.15) is 0 Å². The number of benzene rings is 2. The van der Waals surface area contributed by atoms with Gasteiger partial charge in [-0.15, -0.1) is 0 Å². The van der Waals surface area contributed by atoms with E-state index in [9.17, 15) is 9.59 Å². The summed E-state index contributed by atoms with van der Waals surface area (Å²) >= 11 is 3.39. The third-order valence-electron chi connectivity index (χ3n) is 3.50. The molecule has 1 aliphatic heterocycles. The molecule has 6 nitrogen and oxygen atoms in total. The van der Waals surface area contributed by atoms with Gasteiger partial charge in [-0.1, -0.05) is 15.9 Å². The summed E-state index contributed by atoms with van der Waals surface area (Å²) in [5.74, 6) is 0.740. The van der Waals surface area contributed by atoms with Crippen LogP contribution in [0.25, 0.3) is 6.08 Å². The summed E-state index contributed by atoms with van der Waals surface area (Å²) in [5, 5.41) is 0. The molecule has 3 rings (SSSR count). The monoisotopic (exact) mass is 403 g/mol. The maximum atomic E-state index is 12.5. The molecule has 0 aliphatic carbocycles.